The standard InChI is InChI=1S/C43H82O6/c1-5-8-10-12-13-14-15-16-17-18-19-23-27-30-34-41(44)47-37-40(49-43(46)36-32-25-11-9-6-2)38-48-42(45)35-31-28-24-21-20-22-26-29-33-39(4)7-3/h39-40H,5-38H2,1-4H3/t39?,40-/m0/s1. The van der Waals surface area contributed by atoms with Crippen molar-refractivity contribution in [1.29, 1.82) is 0 Å². The van der Waals surface area contributed by atoms with E-state index in [1.165, 1.54) is 122 Å². The van der Waals surface area contributed by atoms with Gasteiger partial charge in [0, 0.05) is 19.3 Å². The highest BCUT2D eigenvalue weighted by Gasteiger charge is 2.19. The first-order valence-corrected chi connectivity index (χ1v) is 21.4. The minimum absolute atomic E-state index is 0.0658. The minimum Gasteiger partial charge on any atom is -0.462 e. The Morgan fingerprint density at radius 3 is 1.06 bits per heavy atom. The molecule has 0 saturated carbocycles. The number of esters is 3. The van der Waals surface area contributed by atoms with Crippen LogP contribution in [0.3, 0.4) is 0 Å². The molecule has 0 rings (SSSR count). The molecule has 1 unspecified atom stereocenters. The van der Waals surface area contributed by atoms with Crippen molar-refractivity contribution < 1.29 is 28.6 Å². The van der Waals surface area contributed by atoms with E-state index in [9.17, 15) is 14.4 Å². The van der Waals surface area contributed by atoms with Gasteiger partial charge in [0.25, 0.3) is 0 Å². The molecular weight excluding hydrogens is 612 g/mol. The number of carbonyl (C=O) groups excluding carboxylic acids is 3. The van der Waals surface area contributed by atoms with Crippen LogP contribution < -0.4 is 0 Å². The summed E-state index contributed by atoms with van der Waals surface area (Å²) < 4.78 is 16.6. The highest BCUT2D eigenvalue weighted by Crippen LogP contribution is 2.16. The van der Waals surface area contributed by atoms with Gasteiger partial charge in [-0.05, 0) is 25.2 Å². The average Bonchev–Trinajstić information content (AvgIpc) is 3.10. The Morgan fingerprint density at radius 1 is 0.408 bits per heavy atom. The average molecular weight is 695 g/mol. The number of carbonyl (C=O) groups is 3. The molecule has 0 radical (unpaired) electrons. The first kappa shape index (κ1) is 47.4. The SMILES string of the molecule is CCCCCCCCCCCCCCCCC(=O)OC[C@@H](COC(=O)CCCCCCCCCCC(C)CC)OC(=O)CCCCCCC. The van der Waals surface area contributed by atoms with Crippen LogP contribution in [0, 0.1) is 5.92 Å². The molecule has 0 amide bonds. The molecule has 0 saturated heterocycles. The normalized spacial score (nSPS) is 12.5. The summed E-state index contributed by atoms with van der Waals surface area (Å²) in [5.41, 5.74) is 0. The molecule has 0 fully saturated rings. The second kappa shape index (κ2) is 37.7. The lowest BCUT2D eigenvalue weighted by Gasteiger charge is -2.18. The molecule has 0 heterocycles. The topological polar surface area (TPSA) is 78.9 Å². The summed E-state index contributed by atoms with van der Waals surface area (Å²) in [5.74, 6) is -0.0256. The Kier molecular flexibility index (Phi) is 36.4. The Morgan fingerprint density at radius 2 is 0.714 bits per heavy atom. The maximum absolute atomic E-state index is 12.5. The smallest absolute Gasteiger partial charge is 0.306 e. The third kappa shape index (κ3) is 36.0. The summed E-state index contributed by atoms with van der Waals surface area (Å²) in [7, 11) is 0. The van der Waals surface area contributed by atoms with Crippen molar-refractivity contribution in [3.8, 4) is 0 Å². The van der Waals surface area contributed by atoms with Crippen LogP contribution in [0.5, 0.6) is 0 Å². The second-order valence-corrected chi connectivity index (χ2v) is 14.9. The van der Waals surface area contributed by atoms with Crippen LogP contribution in [0.15, 0.2) is 0 Å². The molecule has 0 spiro atoms. The first-order chi connectivity index (χ1) is 23.9. The summed E-state index contributed by atoms with van der Waals surface area (Å²) in [6.07, 6.45) is 35.4. The van der Waals surface area contributed by atoms with Gasteiger partial charge in [0.15, 0.2) is 6.10 Å². The Labute approximate surface area is 304 Å². The summed E-state index contributed by atoms with van der Waals surface area (Å²) in [6, 6.07) is 0. The summed E-state index contributed by atoms with van der Waals surface area (Å²) >= 11 is 0. The van der Waals surface area contributed by atoms with E-state index in [-0.39, 0.29) is 31.1 Å². The zero-order valence-electron chi connectivity index (χ0n) is 33.1. The molecule has 0 aromatic rings. The molecule has 0 bridgehead atoms. The summed E-state index contributed by atoms with van der Waals surface area (Å²) in [5, 5.41) is 0. The molecule has 0 aromatic carbocycles. The molecule has 0 aliphatic rings. The molecular formula is C43H82O6. The minimum atomic E-state index is -0.757. The summed E-state index contributed by atoms with van der Waals surface area (Å²) in [6.45, 7) is 8.91. The van der Waals surface area contributed by atoms with E-state index in [4.69, 9.17) is 14.2 Å². The molecule has 6 heteroatoms. The number of hydrogen-bond acceptors (Lipinski definition) is 6. The van der Waals surface area contributed by atoms with Crippen LogP contribution in [0.25, 0.3) is 0 Å². The van der Waals surface area contributed by atoms with Crippen molar-refractivity contribution in [2.24, 2.45) is 5.92 Å². The molecule has 0 aliphatic carbocycles. The highest BCUT2D eigenvalue weighted by molar-refractivity contribution is 5.71. The van der Waals surface area contributed by atoms with Crippen LogP contribution in [0.4, 0.5) is 0 Å². The number of ether oxygens (including phenoxy) is 3. The predicted molar refractivity (Wildman–Crippen MR) is 206 cm³/mol. The van der Waals surface area contributed by atoms with Gasteiger partial charge in [-0.1, -0.05) is 195 Å². The van der Waals surface area contributed by atoms with E-state index < -0.39 is 6.10 Å². The van der Waals surface area contributed by atoms with Gasteiger partial charge in [0.2, 0.25) is 0 Å². The van der Waals surface area contributed by atoms with Gasteiger partial charge >= 0.3 is 17.9 Å². The van der Waals surface area contributed by atoms with Crippen molar-refractivity contribution in [2.75, 3.05) is 13.2 Å². The van der Waals surface area contributed by atoms with Gasteiger partial charge in [-0.25, -0.2) is 0 Å². The molecule has 0 N–H and O–H groups in total. The molecule has 49 heavy (non-hydrogen) atoms. The van der Waals surface area contributed by atoms with E-state index in [1.54, 1.807) is 0 Å². The predicted octanol–water partition coefficient (Wildman–Crippen LogP) is 13.2. The second-order valence-electron chi connectivity index (χ2n) is 14.9. The lowest BCUT2D eigenvalue weighted by molar-refractivity contribution is -0.167. The van der Waals surface area contributed by atoms with E-state index in [0.29, 0.717) is 19.3 Å². The quantitative estimate of drug-likeness (QED) is 0.0364. The number of unbranched alkanes of at least 4 members (excludes halogenated alkanes) is 24. The van der Waals surface area contributed by atoms with Gasteiger partial charge in [-0.2, -0.15) is 0 Å². The third-order valence-corrected chi connectivity index (χ3v) is 9.90. The van der Waals surface area contributed by atoms with Gasteiger partial charge in [0.1, 0.15) is 13.2 Å². The van der Waals surface area contributed by atoms with Crippen molar-refractivity contribution >= 4 is 17.9 Å². The van der Waals surface area contributed by atoms with E-state index in [2.05, 4.69) is 27.7 Å². The molecule has 0 aliphatic heterocycles. The van der Waals surface area contributed by atoms with Crippen LogP contribution in [0.2, 0.25) is 0 Å². The fourth-order valence-corrected chi connectivity index (χ4v) is 6.24. The fraction of sp³-hybridized carbons (Fsp3) is 0.930. The van der Waals surface area contributed by atoms with Gasteiger partial charge in [0.05, 0.1) is 0 Å². The van der Waals surface area contributed by atoms with Crippen molar-refractivity contribution in [3.05, 3.63) is 0 Å². The van der Waals surface area contributed by atoms with Crippen LogP contribution >= 0.6 is 0 Å². The molecule has 6 nitrogen and oxygen atoms in total. The third-order valence-electron chi connectivity index (χ3n) is 9.90. The van der Waals surface area contributed by atoms with Crippen molar-refractivity contribution in [3.63, 3.8) is 0 Å². The van der Waals surface area contributed by atoms with Gasteiger partial charge < -0.3 is 14.2 Å². The lowest BCUT2D eigenvalue weighted by Crippen LogP contribution is -2.30. The van der Waals surface area contributed by atoms with Gasteiger partial charge in [-0.15, -0.1) is 0 Å². The van der Waals surface area contributed by atoms with Crippen LogP contribution in [-0.4, -0.2) is 37.2 Å². The number of hydrogen-bond donors (Lipinski definition) is 0. The van der Waals surface area contributed by atoms with E-state index in [1.807, 2.05) is 0 Å². The van der Waals surface area contributed by atoms with Crippen molar-refractivity contribution in [2.45, 2.75) is 239 Å². The first-order valence-electron chi connectivity index (χ1n) is 21.4. The zero-order valence-corrected chi connectivity index (χ0v) is 33.1. The largest absolute Gasteiger partial charge is 0.462 e. The highest BCUT2D eigenvalue weighted by atomic mass is 16.6. The Hall–Kier alpha value is -1.59. The fourth-order valence-electron chi connectivity index (χ4n) is 6.24. The molecule has 0 aromatic heterocycles. The molecule has 2 atom stereocenters. The van der Waals surface area contributed by atoms with Gasteiger partial charge in [-0.3, -0.25) is 14.4 Å². The molecule has 290 valence electrons. The maximum Gasteiger partial charge on any atom is 0.306 e. The maximum atomic E-state index is 12.5. The number of rotatable bonds is 38. The lowest BCUT2D eigenvalue weighted by atomic mass is 9.99. The van der Waals surface area contributed by atoms with E-state index >= 15 is 0 Å². The Balaban J connectivity index is 4.18. The van der Waals surface area contributed by atoms with Crippen LogP contribution in [-0.2, 0) is 28.6 Å². The van der Waals surface area contributed by atoms with E-state index in [0.717, 1.165) is 70.1 Å². The zero-order chi connectivity index (χ0) is 36.0. The van der Waals surface area contributed by atoms with Crippen molar-refractivity contribution in [1.82, 2.24) is 0 Å². The van der Waals surface area contributed by atoms with Crippen LogP contribution in [0.1, 0.15) is 233 Å². The monoisotopic (exact) mass is 695 g/mol. The Bertz CT molecular complexity index is 738. The summed E-state index contributed by atoms with van der Waals surface area (Å²) in [4.78, 5) is 37.3.